The van der Waals surface area contributed by atoms with Crippen LogP contribution < -0.4 is 5.32 Å². The average Bonchev–Trinajstić information content (AvgIpc) is 2.21. The van der Waals surface area contributed by atoms with Gasteiger partial charge in [-0.3, -0.25) is 4.79 Å². The molecule has 0 heterocycles. The number of anilines is 1. The lowest BCUT2D eigenvalue weighted by Gasteiger charge is -2.15. The van der Waals surface area contributed by atoms with Crippen molar-refractivity contribution >= 4 is 23.2 Å². The summed E-state index contributed by atoms with van der Waals surface area (Å²) in [7, 11) is 0. The first-order valence-electron chi connectivity index (χ1n) is 4.44. The molecule has 1 N–H and O–H groups in total. The van der Waals surface area contributed by atoms with Gasteiger partial charge in [-0.05, 0) is 26.0 Å². The van der Waals surface area contributed by atoms with Crippen LogP contribution >= 0.6 is 11.6 Å². The monoisotopic (exact) mass is 222 g/mol. The number of hydrogen-bond acceptors (Lipinski definition) is 2. The maximum absolute atomic E-state index is 11.6. The van der Waals surface area contributed by atoms with Crippen LogP contribution in [0.15, 0.2) is 24.3 Å². The quantitative estimate of drug-likeness (QED) is 0.837. The fourth-order valence-electron chi connectivity index (χ4n) is 0.892. The Morgan fingerprint density at radius 2 is 2.07 bits per heavy atom. The zero-order valence-corrected chi connectivity index (χ0v) is 9.30. The minimum Gasteiger partial charge on any atom is -0.323 e. The van der Waals surface area contributed by atoms with Gasteiger partial charge in [-0.15, -0.1) is 0 Å². The summed E-state index contributed by atoms with van der Waals surface area (Å²) in [5.74, 6) is -0.363. The summed E-state index contributed by atoms with van der Waals surface area (Å²) in [4.78, 5) is 11.6. The van der Waals surface area contributed by atoms with E-state index in [0.29, 0.717) is 10.7 Å². The van der Waals surface area contributed by atoms with Gasteiger partial charge in [0, 0.05) is 0 Å². The summed E-state index contributed by atoms with van der Waals surface area (Å²) in [5.41, 5.74) is -0.536. The summed E-state index contributed by atoms with van der Waals surface area (Å²) in [6.45, 7) is 3.11. The normalized spacial score (nSPS) is 10.5. The molecule has 1 amide bonds. The van der Waals surface area contributed by atoms with E-state index in [2.05, 4.69) is 5.32 Å². The number of hydrogen-bond donors (Lipinski definition) is 1. The third kappa shape index (κ3) is 2.71. The zero-order valence-electron chi connectivity index (χ0n) is 8.54. The van der Waals surface area contributed by atoms with Gasteiger partial charge >= 0.3 is 0 Å². The molecule has 1 aromatic rings. The molecule has 0 unspecified atom stereocenters. The van der Waals surface area contributed by atoms with E-state index < -0.39 is 5.41 Å². The Kier molecular flexibility index (Phi) is 3.33. The van der Waals surface area contributed by atoms with Crippen molar-refractivity contribution in [3.63, 3.8) is 0 Å². The van der Waals surface area contributed by atoms with Gasteiger partial charge in [0.1, 0.15) is 5.41 Å². The Morgan fingerprint density at radius 3 is 2.60 bits per heavy atom. The molecule has 0 atom stereocenters. The van der Waals surface area contributed by atoms with Crippen LogP contribution in [-0.4, -0.2) is 5.91 Å². The van der Waals surface area contributed by atoms with E-state index in [1.165, 1.54) is 0 Å². The standard InChI is InChI=1S/C11H11ClN2O/c1-11(2,7-13)10(15)14-9-6-4-3-5-8(9)12/h3-6H,1-2H3,(H,14,15). The highest BCUT2D eigenvalue weighted by atomic mass is 35.5. The van der Waals surface area contributed by atoms with Crippen LogP contribution in [0.2, 0.25) is 5.02 Å². The molecule has 0 fully saturated rings. The first-order valence-corrected chi connectivity index (χ1v) is 4.82. The number of para-hydroxylation sites is 1. The van der Waals surface area contributed by atoms with Crippen molar-refractivity contribution < 1.29 is 4.79 Å². The molecule has 0 saturated heterocycles. The number of amides is 1. The van der Waals surface area contributed by atoms with Crippen molar-refractivity contribution in [2.75, 3.05) is 5.32 Å². The SMILES string of the molecule is CC(C)(C#N)C(=O)Nc1ccccc1Cl. The Labute approximate surface area is 93.7 Å². The van der Waals surface area contributed by atoms with Crippen LogP contribution in [0.3, 0.4) is 0 Å². The van der Waals surface area contributed by atoms with Gasteiger partial charge in [0.05, 0.1) is 16.8 Å². The van der Waals surface area contributed by atoms with Crippen molar-refractivity contribution in [1.82, 2.24) is 0 Å². The molecule has 3 nitrogen and oxygen atoms in total. The summed E-state index contributed by atoms with van der Waals surface area (Å²) < 4.78 is 0. The van der Waals surface area contributed by atoms with Gasteiger partial charge in [0.2, 0.25) is 5.91 Å². The molecule has 0 aliphatic heterocycles. The van der Waals surface area contributed by atoms with Gasteiger partial charge in [-0.25, -0.2) is 0 Å². The lowest BCUT2D eigenvalue weighted by molar-refractivity contribution is -0.121. The fraction of sp³-hybridized carbons (Fsp3) is 0.273. The molecule has 78 valence electrons. The van der Waals surface area contributed by atoms with Gasteiger partial charge < -0.3 is 5.32 Å². The summed E-state index contributed by atoms with van der Waals surface area (Å²) in [6, 6.07) is 8.83. The minimum atomic E-state index is -1.06. The molecule has 4 heteroatoms. The Hall–Kier alpha value is -1.53. The molecule has 0 bridgehead atoms. The minimum absolute atomic E-state index is 0.363. The van der Waals surface area contributed by atoms with Crippen LogP contribution in [0.25, 0.3) is 0 Å². The maximum Gasteiger partial charge on any atom is 0.244 e. The summed E-state index contributed by atoms with van der Waals surface area (Å²) >= 11 is 5.86. The Morgan fingerprint density at radius 1 is 1.47 bits per heavy atom. The summed E-state index contributed by atoms with van der Waals surface area (Å²) in [6.07, 6.45) is 0. The number of halogens is 1. The van der Waals surface area contributed by atoms with Gasteiger partial charge in [-0.2, -0.15) is 5.26 Å². The third-order valence-corrected chi connectivity index (χ3v) is 2.30. The smallest absolute Gasteiger partial charge is 0.244 e. The molecule has 0 radical (unpaired) electrons. The van der Waals surface area contributed by atoms with E-state index >= 15 is 0 Å². The molecular formula is C11H11ClN2O. The molecule has 15 heavy (non-hydrogen) atoms. The Balaban J connectivity index is 2.86. The van der Waals surface area contributed by atoms with Crippen molar-refractivity contribution in [2.24, 2.45) is 5.41 Å². The van der Waals surface area contributed by atoms with Crippen LogP contribution in [0, 0.1) is 16.7 Å². The highest BCUT2D eigenvalue weighted by molar-refractivity contribution is 6.33. The topological polar surface area (TPSA) is 52.9 Å². The largest absolute Gasteiger partial charge is 0.323 e. The fourth-order valence-corrected chi connectivity index (χ4v) is 1.07. The van der Waals surface area contributed by atoms with E-state index in [4.69, 9.17) is 16.9 Å². The van der Waals surface area contributed by atoms with Crippen LogP contribution in [0.4, 0.5) is 5.69 Å². The Bertz CT molecular complexity index is 421. The molecule has 0 aliphatic carbocycles. The van der Waals surface area contributed by atoms with Gasteiger partial charge in [0.25, 0.3) is 0 Å². The van der Waals surface area contributed by atoms with E-state index in [1.807, 2.05) is 6.07 Å². The number of nitrogens with one attached hydrogen (secondary N) is 1. The molecule has 0 aliphatic rings. The van der Waals surface area contributed by atoms with Crippen molar-refractivity contribution in [2.45, 2.75) is 13.8 Å². The number of nitrogens with zero attached hydrogens (tertiary/aromatic N) is 1. The maximum atomic E-state index is 11.6. The number of benzene rings is 1. The van der Waals surface area contributed by atoms with Gasteiger partial charge in [-0.1, -0.05) is 23.7 Å². The number of rotatable bonds is 2. The molecule has 0 saturated carbocycles. The van der Waals surface area contributed by atoms with E-state index in [1.54, 1.807) is 38.1 Å². The summed E-state index contributed by atoms with van der Waals surface area (Å²) in [5, 5.41) is 11.8. The average molecular weight is 223 g/mol. The van der Waals surface area contributed by atoms with Crippen molar-refractivity contribution in [3.05, 3.63) is 29.3 Å². The predicted molar refractivity (Wildman–Crippen MR) is 59.5 cm³/mol. The second-order valence-corrected chi connectivity index (χ2v) is 4.08. The van der Waals surface area contributed by atoms with E-state index in [9.17, 15) is 4.79 Å². The third-order valence-electron chi connectivity index (χ3n) is 1.97. The first kappa shape index (κ1) is 11.5. The van der Waals surface area contributed by atoms with Crippen molar-refractivity contribution in [3.8, 4) is 6.07 Å². The van der Waals surface area contributed by atoms with Crippen LogP contribution in [0.5, 0.6) is 0 Å². The first-order chi connectivity index (χ1) is 6.97. The molecular weight excluding hydrogens is 212 g/mol. The predicted octanol–water partition coefficient (Wildman–Crippen LogP) is 2.83. The molecule has 0 aromatic heterocycles. The molecule has 1 rings (SSSR count). The molecule has 1 aromatic carbocycles. The lowest BCUT2D eigenvalue weighted by atomic mass is 9.94. The van der Waals surface area contributed by atoms with Crippen LogP contribution in [0.1, 0.15) is 13.8 Å². The highest BCUT2D eigenvalue weighted by Crippen LogP contribution is 2.23. The number of carbonyl (C=O) groups excluding carboxylic acids is 1. The number of carbonyl (C=O) groups is 1. The second kappa shape index (κ2) is 4.33. The molecule has 0 spiro atoms. The highest BCUT2D eigenvalue weighted by Gasteiger charge is 2.27. The van der Waals surface area contributed by atoms with E-state index in [0.717, 1.165) is 0 Å². The second-order valence-electron chi connectivity index (χ2n) is 3.67. The lowest BCUT2D eigenvalue weighted by Crippen LogP contribution is -2.29. The van der Waals surface area contributed by atoms with Crippen LogP contribution in [-0.2, 0) is 4.79 Å². The van der Waals surface area contributed by atoms with Crippen molar-refractivity contribution in [1.29, 1.82) is 5.26 Å². The van der Waals surface area contributed by atoms with Gasteiger partial charge in [0.15, 0.2) is 0 Å². The number of nitriles is 1. The van der Waals surface area contributed by atoms with E-state index in [-0.39, 0.29) is 5.91 Å². The zero-order chi connectivity index (χ0) is 11.5.